The topological polar surface area (TPSA) is 192 Å². The summed E-state index contributed by atoms with van der Waals surface area (Å²) in [6.45, 7) is 0.683. The number of rotatable bonds is 11. The zero-order valence-electron chi connectivity index (χ0n) is 35.3. The van der Waals surface area contributed by atoms with Gasteiger partial charge in [0.1, 0.15) is 28.2 Å². The third-order valence-electron chi connectivity index (χ3n) is 13.1. The van der Waals surface area contributed by atoms with E-state index in [-0.39, 0.29) is 32.2 Å². The lowest BCUT2D eigenvalue weighted by Gasteiger charge is -2.56. The predicted molar refractivity (Wildman–Crippen MR) is 228 cm³/mol. The van der Waals surface area contributed by atoms with Gasteiger partial charge in [0.2, 0.25) is 19.5 Å². The summed E-state index contributed by atoms with van der Waals surface area (Å²) >= 11 is 0. The largest absolute Gasteiger partial charge is 0.497 e. The van der Waals surface area contributed by atoms with E-state index < -0.39 is 58.6 Å². The van der Waals surface area contributed by atoms with Crippen LogP contribution in [-0.4, -0.2) is 91.9 Å². The number of likely N-dealkylation sites (tertiary alicyclic amines) is 2. The van der Waals surface area contributed by atoms with E-state index in [1.807, 2.05) is 0 Å². The van der Waals surface area contributed by atoms with E-state index in [0.717, 1.165) is 0 Å². The van der Waals surface area contributed by atoms with E-state index in [9.17, 15) is 19.8 Å². The normalized spacial score (nSPS) is 24.0. The van der Waals surface area contributed by atoms with Crippen LogP contribution in [0.3, 0.4) is 0 Å². The summed E-state index contributed by atoms with van der Waals surface area (Å²) in [5, 5.41) is 27.6. The van der Waals surface area contributed by atoms with Gasteiger partial charge in [-0.1, -0.05) is 36.4 Å². The van der Waals surface area contributed by atoms with Crippen LogP contribution in [0.5, 0.6) is 40.2 Å². The predicted octanol–water partition coefficient (Wildman–Crippen LogP) is 6.86. The van der Waals surface area contributed by atoms with Crippen molar-refractivity contribution in [2.24, 2.45) is 11.3 Å². The summed E-state index contributed by atoms with van der Waals surface area (Å²) in [6, 6.07) is 27.6. The average Bonchev–Trinajstić information content (AvgIpc) is 4.12. The van der Waals surface area contributed by atoms with Crippen molar-refractivity contribution >= 4 is 29.6 Å². The molecule has 0 unspecified atom stereocenters. The fourth-order valence-corrected chi connectivity index (χ4v) is 10.6. The van der Waals surface area contributed by atoms with Gasteiger partial charge in [-0.05, 0) is 95.1 Å². The molecular formula is C48H45N3O13. The SMILES string of the molecule is COc1ccc(NC(=O)N2C[C@H](c3ccc4c(c3)OCO4)[C@@](C(=O)O)([C@]3(c4ccc(OC)cc4)[C@@H](C(=O)O)[C@@H](c4ccc5c(c4)OCO5)CN3C(C)=O)[C@H]2c2ccc(OC)cc2)cc1. The number of hydrogen-bond acceptors (Lipinski definition) is 11. The Labute approximate surface area is 367 Å². The van der Waals surface area contributed by atoms with Crippen molar-refractivity contribution in [2.75, 3.05) is 53.3 Å². The highest BCUT2D eigenvalue weighted by atomic mass is 16.7. The second-order valence-corrected chi connectivity index (χ2v) is 16.0. The van der Waals surface area contributed by atoms with Crippen LogP contribution in [0.25, 0.3) is 0 Å². The van der Waals surface area contributed by atoms with E-state index in [2.05, 4.69) is 5.32 Å². The van der Waals surface area contributed by atoms with Crippen molar-refractivity contribution in [1.82, 2.24) is 9.80 Å². The van der Waals surface area contributed by atoms with Crippen molar-refractivity contribution in [3.8, 4) is 40.2 Å². The summed E-state index contributed by atoms with van der Waals surface area (Å²) < 4.78 is 39.3. The van der Waals surface area contributed by atoms with Gasteiger partial charge in [-0.15, -0.1) is 0 Å². The van der Waals surface area contributed by atoms with Gasteiger partial charge in [0, 0.05) is 37.5 Å². The molecule has 0 spiro atoms. The van der Waals surface area contributed by atoms with E-state index in [0.29, 0.717) is 62.6 Å². The molecule has 16 nitrogen and oxygen atoms in total. The fraction of sp³-hybridized carbons (Fsp3) is 0.292. The van der Waals surface area contributed by atoms with Crippen molar-refractivity contribution in [2.45, 2.75) is 30.3 Å². The first kappa shape index (κ1) is 41.7. The number of nitrogens with zero attached hydrogens (tertiary/aromatic N) is 2. The number of benzene rings is 5. The highest BCUT2D eigenvalue weighted by Crippen LogP contribution is 2.71. The number of hydrogen-bond donors (Lipinski definition) is 3. The van der Waals surface area contributed by atoms with Crippen molar-refractivity contribution in [3.63, 3.8) is 0 Å². The number of carboxylic acid groups (broad SMARTS) is 2. The Kier molecular flexibility index (Phi) is 10.6. The monoisotopic (exact) mass is 871 g/mol. The average molecular weight is 872 g/mol. The third kappa shape index (κ3) is 6.42. The molecule has 4 heterocycles. The summed E-state index contributed by atoms with van der Waals surface area (Å²) in [6.07, 6.45) is 0. The van der Waals surface area contributed by atoms with Crippen LogP contribution >= 0.6 is 0 Å². The molecule has 5 aromatic carbocycles. The Morgan fingerprint density at radius 2 is 1.14 bits per heavy atom. The number of aliphatic carboxylic acids is 2. The minimum Gasteiger partial charge on any atom is -0.497 e. The number of methoxy groups -OCH3 is 3. The molecule has 3 amide bonds. The van der Waals surface area contributed by atoms with Crippen LogP contribution in [0, 0.1) is 11.3 Å². The maximum Gasteiger partial charge on any atom is 0.322 e. The molecule has 0 saturated carbocycles. The van der Waals surface area contributed by atoms with Gasteiger partial charge in [-0.3, -0.25) is 14.4 Å². The molecule has 0 aliphatic carbocycles. The molecule has 5 aromatic rings. The molecule has 2 fully saturated rings. The number of fused-ring (bicyclic) bond motifs is 2. The van der Waals surface area contributed by atoms with E-state index in [1.165, 1.54) is 38.1 Å². The van der Waals surface area contributed by atoms with E-state index in [4.69, 9.17) is 33.2 Å². The Morgan fingerprint density at radius 3 is 1.67 bits per heavy atom. The van der Waals surface area contributed by atoms with E-state index >= 15 is 9.59 Å². The molecule has 0 aromatic heterocycles. The van der Waals surface area contributed by atoms with Crippen LogP contribution in [0.1, 0.15) is 47.1 Å². The molecule has 0 bridgehead atoms. The molecule has 64 heavy (non-hydrogen) atoms. The number of ether oxygens (including phenoxy) is 7. The molecule has 3 N–H and O–H groups in total. The minimum absolute atomic E-state index is 0.0432. The van der Waals surface area contributed by atoms with Crippen LogP contribution in [0.15, 0.2) is 109 Å². The summed E-state index contributed by atoms with van der Waals surface area (Å²) in [5.41, 5.74) is -2.92. The first-order valence-corrected chi connectivity index (χ1v) is 20.5. The van der Waals surface area contributed by atoms with Crippen molar-refractivity contribution in [1.29, 1.82) is 0 Å². The summed E-state index contributed by atoms with van der Waals surface area (Å²) in [4.78, 5) is 63.1. The molecule has 2 saturated heterocycles. The number of carbonyl (C=O) groups is 4. The summed E-state index contributed by atoms with van der Waals surface area (Å²) in [5.74, 6) is -4.38. The smallest absolute Gasteiger partial charge is 0.322 e. The highest BCUT2D eigenvalue weighted by molar-refractivity contribution is 5.94. The molecule has 16 heteroatoms. The molecular weight excluding hydrogens is 827 g/mol. The first-order chi connectivity index (χ1) is 31.0. The summed E-state index contributed by atoms with van der Waals surface area (Å²) in [7, 11) is 4.49. The molecule has 0 radical (unpaired) electrons. The van der Waals surface area contributed by atoms with Gasteiger partial charge in [0.25, 0.3) is 0 Å². The molecule has 6 atom stereocenters. The standard InChI is InChI=1S/C48H45N3O13/c1-27(52)51-23-36(29-7-19-38-40(21-29)63-25-61-38)42(44(53)54)48(51,31-9-15-34(59-3)16-10-31)47(45(55)56)37(30-8-20-39-41(22-30)64-26-62-39)24-50(43(47)28-5-13-33(58-2)14-6-28)46(57)49-32-11-17-35(60-4)18-12-32/h5-22,36-37,42-43H,23-26H2,1-4H3,(H,49,57)(H,53,54)(H,55,56)/t36-,37-,42-,43-,47-,48+/m1/s1. The lowest BCUT2D eigenvalue weighted by molar-refractivity contribution is -0.177. The van der Waals surface area contributed by atoms with Gasteiger partial charge < -0.3 is 58.5 Å². The minimum atomic E-state index is -2.43. The third-order valence-corrected chi connectivity index (χ3v) is 13.1. The Bertz CT molecular complexity index is 2620. The lowest BCUT2D eigenvalue weighted by Crippen LogP contribution is -2.66. The van der Waals surface area contributed by atoms with Crippen LogP contribution in [0.4, 0.5) is 10.5 Å². The quantitative estimate of drug-likeness (QED) is 0.125. The van der Waals surface area contributed by atoms with Crippen LogP contribution < -0.4 is 38.5 Å². The number of carboxylic acids is 2. The van der Waals surface area contributed by atoms with Gasteiger partial charge in [-0.25, -0.2) is 4.79 Å². The van der Waals surface area contributed by atoms with Crippen LogP contribution in [-0.2, 0) is 19.9 Å². The number of urea groups is 1. The zero-order chi connectivity index (χ0) is 44.9. The van der Waals surface area contributed by atoms with Gasteiger partial charge >= 0.3 is 18.0 Å². The second-order valence-electron chi connectivity index (χ2n) is 16.0. The first-order valence-electron chi connectivity index (χ1n) is 20.5. The fourth-order valence-electron chi connectivity index (χ4n) is 10.6. The Balaban J connectivity index is 1.39. The Hall–Kier alpha value is -7.62. The lowest BCUT2D eigenvalue weighted by atomic mass is 9.50. The maximum absolute atomic E-state index is 15.6. The van der Waals surface area contributed by atoms with Gasteiger partial charge in [0.15, 0.2) is 23.0 Å². The number of anilines is 1. The Morgan fingerprint density at radius 1 is 0.641 bits per heavy atom. The molecule has 9 rings (SSSR count). The van der Waals surface area contributed by atoms with Crippen LogP contribution in [0.2, 0.25) is 0 Å². The van der Waals surface area contributed by atoms with Crippen molar-refractivity contribution in [3.05, 3.63) is 131 Å². The zero-order valence-corrected chi connectivity index (χ0v) is 35.3. The number of amides is 3. The van der Waals surface area contributed by atoms with Gasteiger partial charge in [0.05, 0.1) is 33.3 Å². The second kappa shape index (κ2) is 16.3. The highest BCUT2D eigenvalue weighted by Gasteiger charge is 2.79. The number of carbonyl (C=O) groups excluding carboxylic acids is 2. The maximum atomic E-state index is 15.6. The molecule has 330 valence electrons. The van der Waals surface area contributed by atoms with Crippen molar-refractivity contribution < 1.29 is 62.5 Å². The van der Waals surface area contributed by atoms with Gasteiger partial charge in [-0.2, -0.15) is 0 Å². The molecule has 4 aliphatic rings. The van der Waals surface area contributed by atoms with E-state index in [1.54, 1.807) is 109 Å². The number of nitrogens with one attached hydrogen (secondary N) is 1. The molecule has 4 aliphatic heterocycles.